The topological polar surface area (TPSA) is 67.5 Å². The first kappa shape index (κ1) is 14.3. The summed E-state index contributed by atoms with van der Waals surface area (Å²) in [6, 6.07) is 16.1. The highest BCUT2D eigenvalue weighted by Crippen LogP contribution is 2.19. The molecular formula is C18H16N6. The van der Waals surface area contributed by atoms with E-state index in [0.29, 0.717) is 11.5 Å². The Hall–Kier alpha value is -3.28. The molecule has 0 aliphatic rings. The number of aromatic nitrogens is 4. The van der Waals surface area contributed by atoms with Gasteiger partial charge in [0, 0.05) is 0 Å². The molecule has 0 atom stereocenters. The third-order valence-electron chi connectivity index (χ3n) is 3.93. The van der Waals surface area contributed by atoms with E-state index in [0.717, 1.165) is 22.3 Å². The zero-order valence-electron chi connectivity index (χ0n) is 13.4. The Morgan fingerprint density at radius 2 is 1.88 bits per heavy atom. The fourth-order valence-corrected chi connectivity index (χ4v) is 2.58. The SMILES string of the molecule is C/C(=N\Nc1nc2ccccc2n2cnnc12)c1ccc(C)cc1. The van der Waals surface area contributed by atoms with Crippen molar-refractivity contribution in [2.24, 2.45) is 5.10 Å². The second kappa shape index (κ2) is 5.73. The van der Waals surface area contributed by atoms with Gasteiger partial charge in [-0.2, -0.15) is 5.10 Å². The van der Waals surface area contributed by atoms with Crippen LogP contribution in [-0.2, 0) is 0 Å². The van der Waals surface area contributed by atoms with E-state index in [1.54, 1.807) is 6.33 Å². The Morgan fingerprint density at radius 3 is 2.71 bits per heavy atom. The number of fused-ring (bicyclic) bond motifs is 3. The summed E-state index contributed by atoms with van der Waals surface area (Å²) in [5.74, 6) is 0.581. The Bertz CT molecular complexity index is 1050. The molecule has 0 bridgehead atoms. The van der Waals surface area contributed by atoms with Gasteiger partial charge in [-0.3, -0.25) is 9.83 Å². The van der Waals surface area contributed by atoms with Gasteiger partial charge >= 0.3 is 0 Å². The van der Waals surface area contributed by atoms with E-state index < -0.39 is 0 Å². The monoisotopic (exact) mass is 316 g/mol. The maximum absolute atomic E-state index is 4.61. The molecule has 0 saturated carbocycles. The number of nitrogens with zero attached hydrogens (tertiary/aromatic N) is 5. The van der Waals surface area contributed by atoms with E-state index in [1.165, 1.54) is 5.56 Å². The maximum Gasteiger partial charge on any atom is 0.205 e. The van der Waals surface area contributed by atoms with Crippen LogP contribution in [0.2, 0.25) is 0 Å². The lowest BCUT2D eigenvalue weighted by Gasteiger charge is -2.07. The molecule has 118 valence electrons. The fourth-order valence-electron chi connectivity index (χ4n) is 2.58. The lowest BCUT2D eigenvalue weighted by Crippen LogP contribution is -2.03. The van der Waals surface area contributed by atoms with Gasteiger partial charge in [0.25, 0.3) is 0 Å². The van der Waals surface area contributed by atoms with E-state index >= 15 is 0 Å². The fraction of sp³-hybridized carbons (Fsp3) is 0.111. The van der Waals surface area contributed by atoms with Crippen LogP contribution in [0.5, 0.6) is 0 Å². The summed E-state index contributed by atoms with van der Waals surface area (Å²) in [4.78, 5) is 4.61. The molecule has 6 heteroatoms. The van der Waals surface area contributed by atoms with Crippen LogP contribution in [0.4, 0.5) is 5.82 Å². The lowest BCUT2D eigenvalue weighted by molar-refractivity contribution is 1.11. The molecule has 2 aromatic heterocycles. The molecular weight excluding hydrogens is 300 g/mol. The first-order chi connectivity index (χ1) is 11.7. The molecule has 6 nitrogen and oxygen atoms in total. The van der Waals surface area contributed by atoms with E-state index in [4.69, 9.17) is 0 Å². The molecule has 24 heavy (non-hydrogen) atoms. The predicted molar refractivity (Wildman–Crippen MR) is 95.3 cm³/mol. The minimum Gasteiger partial charge on any atom is -0.277 e. The van der Waals surface area contributed by atoms with Crippen molar-refractivity contribution < 1.29 is 0 Å². The van der Waals surface area contributed by atoms with Gasteiger partial charge in [0.1, 0.15) is 6.33 Å². The zero-order valence-corrected chi connectivity index (χ0v) is 13.4. The molecule has 0 radical (unpaired) electrons. The molecule has 4 rings (SSSR count). The molecule has 0 spiro atoms. The van der Waals surface area contributed by atoms with Crippen molar-refractivity contribution in [3.63, 3.8) is 0 Å². The molecule has 2 heterocycles. The molecule has 4 aromatic rings. The van der Waals surface area contributed by atoms with Gasteiger partial charge in [-0.15, -0.1) is 10.2 Å². The summed E-state index contributed by atoms with van der Waals surface area (Å²) in [7, 11) is 0. The van der Waals surface area contributed by atoms with Gasteiger partial charge in [0.15, 0.2) is 5.82 Å². The van der Waals surface area contributed by atoms with Crippen LogP contribution in [0.25, 0.3) is 16.7 Å². The largest absolute Gasteiger partial charge is 0.277 e. The van der Waals surface area contributed by atoms with Crippen molar-refractivity contribution in [3.05, 3.63) is 66.0 Å². The Morgan fingerprint density at radius 1 is 1.08 bits per heavy atom. The van der Waals surface area contributed by atoms with Crippen molar-refractivity contribution in [3.8, 4) is 0 Å². The number of rotatable bonds is 3. The summed E-state index contributed by atoms with van der Waals surface area (Å²) in [5.41, 5.74) is 8.66. The average molecular weight is 316 g/mol. The third-order valence-corrected chi connectivity index (χ3v) is 3.93. The highest BCUT2D eigenvalue weighted by atomic mass is 15.3. The molecule has 0 aliphatic heterocycles. The van der Waals surface area contributed by atoms with Crippen LogP contribution in [0, 0.1) is 6.92 Å². The number of anilines is 1. The van der Waals surface area contributed by atoms with E-state index in [2.05, 4.69) is 56.9 Å². The zero-order chi connectivity index (χ0) is 16.5. The smallest absolute Gasteiger partial charge is 0.205 e. The number of benzene rings is 2. The normalized spacial score (nSPS) is 12.0. The molecule has 0 amide bonds. The van der Waals surface area contributed by atoms with Crippen LogP contribution in [0.3, 0.4) is 0 Å². The average Bonchev–Trinajstić information content (AvgIpc) is 3.10. The van der Waals surface area contributed by atoms with Crippen LogP contribution >= 0.6 is 0 Å². The van der Waals surface area contributed by atoms with Gasteiger partial charge in [-0.05, 0) is 31.5 Å². The van der Waals surface area contributed by atoms with Crippen LogP contribution in [-0.4, -0.2) is 25.3 Å². The molecule has 0 saturated heterocycles. The Balaban J connectivity index is 1.74. The first-order valence-electron chi connectivity index (χ1n) is 7.68. The Kier molecular flexibility index (Phi) is 3.42. The maximum atomic E-state index is 4.61. The van der Waals surface area contributed by atoms with Gasteiger partial charge < -0.3 is 0 Å². The van der Waals surface area contributed by atoms with Gasteiger partial charge in [-0.25, -0.2) is 4.98 Å². The molecule has 2 aromatic carbocycles. The summed E-state index contributed by atoms with van der Waals surface area (Å²) in [5, 5.41) is 12.6. The van der Waals surface area contributed by atoms with Gasteiger partial charge in [-0.1, -0.05) is 42.0 Å². The minimum atomic E-state index is 0.581. The Labute approximate surface area is 138 Å². The van der Waals surface area contributed by atoms with Crippen molar-refractivity contribution in [2.75, 3.05) is 5.43 Å². The lowest BCUT2D eigenvalue weighted by atomic mass is 10.1. The standard InChI is InChI=1S/C18H16N6/c1-12-7-9-14(10-8-12)13(2)21-22-17-18-23-19-11-24(18)16-6-4-3-5-15(16)20-17/h3-11H,1-2H3,(H,20,22)/b21-13+. The van der Waals surface area contributed by atoms with Crippen LogP contribution in [0.15, 0.2) is 60.0 Å². The molecule has 0 aliphatic carbocycles. The second-order valence-corrected chi connectivity index (χ2v) is 5.65. The second-order valence-electron chi connectivity index (χ2n) is 5.65. The van der Waals surface area contributed by atoms with E-state index in [1.807, 2.05) is 35.6 Å². The van der Waals surface area contributed by atoms with Crippen LogP contribution < -0.4 is 5.43 Å². The van der Waals surface area contributed by atoms with Crippen molar-refractivity contribution >= 4 is 28.2 Å². The minimum absolute atomic E-state index is 0.581. The number of hydrogen-bond acceptors (Lipinski definition) is 5. The summed E-state index contributed by atoms with van der Waals surface area (Å²) >= 11 is 0. The highest BCUT2D eigenvalue weighted by molar-refractivity contribution is 5.99. The summed E-state index contributed by atoms with van der Waals surface area (Å²) in [6.45, 7) is 4.02. The van der Waals surface area contributed by atoms with Crippen molar-refractivity contribution in [2.45, 2.75) is 13.8 Å². The summed E-state index contributed by atoms with van der Waals surface area (Å²) < 4.78 is 1.90. The quantitative estimate of drug-likeness (QED) is 0.464. The molecule has 0 fully saturated rings. The number of hydrazone groups is 1. The van der Waals surface area contributed by atoms with E-state index in [-0.39, 0.29) is 0 Å². The van der Waals surface area contributed by atoms with E-state index in [9.17, 15) is 0 Å². The van der Waals surface area contributed by atoms with Gasteiger partial charge in [0.2, 0.25) is 5.65 Å². The third kappa shape index (κ3) is 2.48. The highest BCUT2D eigenvalue weighted by Gasteiger charge is 2.09. The number of nitrogens with one attached hydrogen (secondary N) is 1. The number of aryl methyl sites for hydroxylation is 1. The number of para-hydroxylation sites is 2. The summed E-state index contributed by atoms with van der Waals surface area (Å²) in [6.07, 6.45) is 1.68. The van der Waals surface area contributed by atoms with Crippen LogP contribution in [0.1, 0.15) is 18.1 Å². The van der Waals surface area contributed by atoms with Gasteiger partial charge in [0.05, 0.1) is 16.7 Å². The molecule has 1 N–H and O–H groups in total. The van der Waals surface area contributed by atoms with Crippen molar-refractivity contribution in [1.29, 1.82) is 0 Å². The predicted octanol–water partition coefficient (Wildman–Crippen LogP) is 3.42. The molecule has 0 unspecified atom stereocenters. The van der Waals surface area contributed by atoms with Crippen molar-refractivity contribution in [1.82, 2.24) is 19.6 Å². The number of hydrogen-bond donors (Lipinski definition) is 1. The first-order valence-corrected chi connectivity index (χ1v) is 7.68.